The molecule has 2 amide bonds. The summed E-state index contributed by atoms with van der Waals surface area (Å²) in [5.74, 6) is -0.944. The second-order valence-electron chi connectivity index (χ2n) is 5.57. The minimum absolute atomic E-state index is 0.0306. The number of hydrogen-bond donors (Lipinski definition) is 2. The van der Waals surface area contributed by atoms with Gasteiger partial charge in [0.05, 0.1) is 0 Å². The van der Waals surface area contributed by atoms with E-state index >= 15 is 0 Å². The minimum atomic E-state index is -0.679. The van der Waals surface area contributed by atoms with Gasteiger partial charge >= 0.3 is 0 Å². The van der Waals surface area contributed by atoms with Crippen LogP contribution >= 0.6 is 0 Å². The van der Waals surface area contributed by atoms with Crippen molar-refractivity contribution < 1.29 is 14.1 Å². The molecule has 6 heteroatoms. The Kier molecular flexibility index (Phi) is 3.11. The number of amides is 2. The summed E-state index contributed by atoms with van der Waals surface area (Å²) in [6.07, 6.45) is 1.37. The molecule has 0 saturated carbocycles. The Morgan fingerprint density at radius 3 is 2.83 bits per heavy atom. The number of hydrogen-bond acceptors (Lipinski definition) is 4. The fourth-order valence-electron chi connectivity index (χ4n) is 2.21. The highest BCUT2D eigenvalue weighted by Crippen LogP contribution is 2.35. The molecule has 2 atom stereocenters. The van der Waals surface area contributed by atoms with Gasteiger partial charge in [-0.15, -0.1) is 0 Å². The third-order valence-corrected chi connectivity index (χ3v) is 3.26. The quantitative estimate of drug-likeness (QED) is 0.769. The number of anilines is 1. The number of nitrogens with one attached hydrogen (secondary N) is 2. The zero-order valence-electron chi connectivity index (χ0n) is 10.7. The van der Waals surface area contributed by atoms with Crippen molar-refractivity contribution >= 4 is 17.6 Å². The molecule has 1 aromatic heterocycles. The summed E-state index contributed by atoms with van der Waals surface area (Å²) >= 11 is 0. The van der Waals surface area contributed by atoms with Crippen LogP contribution in [0.3, 0.4) is 0 Å². The van der Waals surface area contributed by atoms with Crippen molar-refractivity contribution in [3.05, 3.63) is 12.3 Å². The third kappa shape index (κ3) is 2.37. The van der Waals surface area contributed by atoms with E-state index in [9.17, 15) is 9.59 Å². The summed E-state index contributed by atoms with van der Waals surface area (Å²) in [6, 6.07) is 1.54. The first-order valence-electron chi connectivity index (χ1n) is 5.88. The molecule has 0 aromatic carbocycles. The molecule has 6 nitrogen and oxygen atoms in total. The van der Waals surface area contributed by atoms with Gasteiger partial charge in [-0.1, -0.05) is 25.9 Å². The van der Waals surface area contributed by atoms with Crippen molar-refractivity contribution in [3.63, 3.8) is 0 Å². The molecule has 1 aromatic rings. The smallest absolute Gasteiger partial charge is 0.238 e. The van der Waals surface area contributed by atoms with Crippen LogP contribution in [0.5, 0.6) is 0 Å². The van der Waals surface area contributed by atoms with Gasteiger partial charge in [0.15, 0.2) is 5.82 Å². The van der Waals surface area contributed by atoms with Crippen LogP contribution in [0.2, 0.25) is 0 Å². The lowest BCUT2D eigenvalue weighted by Gasteiger charge is -2.29. The van der Waals surface area contributed by atoms with Crippen molar-refractivity contribution in [1.29, 1.82) is 0 Å². The van der Waals surface area contributed by atoms with Crippen LogP contribution in [0.1, 0.15) is 20.8 Å². The molecular weight excluding hydrogens is 234 g/mol. The maximum absolute atomic E-state index is 12.1. The van der Waals surface area contributed by atoms with Gasteiger partial charge in [0, 0.05) is 18.5 Å². The first-order valence-corrected chi connectivity index (χ1v) is 5.88. The predicted molar refractivity (Wildman–Crippen MR) is 64.6 cm³/mol. The third-order valence-electron chi connectivity index (χ3n) is 3.26. The first-order chi connectivity index (χ1) is 8.39. The fourth-order valence-corrected chi connectivity index (χ4v) is 2.21. The van der Waals surface area contributed by atoms with Gasteiger partial charge in [0.25, 0.3) is 0 Å². The van der Waals surface area contributed by atoms with Crippen molar-refractivity contribution in [2.45, 2.75) is 20.8 Å². The van der Waals surface area contributed by atoms with Crippen LogP contribution in [0.25, 0.3) is 0 Å². The van der Waals surface area contributed by atoms with Gasteiger partial charge in [-0.25, -0.2) is 0 Å². The molecule has 0 bridgehead atoms. The molecule has 0 aliphatic carbocycles. The van der Waals surface area contributed by atoms with E-state index in [1.165, 1.54) is 12.3 Å². The van der Waals surface area contributed by atoms with Crippen molar-refractivity contribution in [3.8, 4) is 0 Å². The molecule has 2 rings (SSSR count). The molecule has 2 heterocycles. The molecule has 1 saturated heterocycles. The van der Waals surface area contributed by atoms with E-state index in [-0.39, 0.29) is 23.1 Å². The Morgan fingerprint density at radius 2 is 2.28 bits per heavy atom. The summed E-state index contributed by atoms with van der Waals surface area (Å²) in [4.78, 5) is 23.9. The van der Waals surface area contributed by atoms with Crippen LogP contribution in [0.15, 0.2) is 16.9 Å². The van der Waals surface area contributed by atoms with E-state index in [1.807, 2.05) is 20.8 Å². The highest BCUT2D eigenvalue weighted by Gasteiger charge is 2.45. The van der Waals surface area contributed by atoms with Gasteiger partial charge in [-0.05, 0) is 5.41 Å². The van der Waals surface area contributed by atoms with Gasteiger partial charge in [0.2, 0.25) is 11.8 Å². The van der Waals surface area contributed by atoms with Gasteiger partial charge in [-0.3, -0.25) is 9.59 Å². The standard InChI is InChI=1S/C12H17N3O3/c1-12(2,3)7-6-13-10(16)9(7)11(17)14-8-4-5-18-15-8/h4-5,7,9H,6H2,1-3H3,(H,13,16)(H,14,15,17). The van der Waals surface area contributed by atoms with Crippen molar-refractivity contribution in [2.24, 2.45) is 17.3 Å². The zero-order valence-corrected chi connectivity index (χ0v) is 10.7. The molecule has 1 fully saturated rings. The lowest BCUT2D eigenvalue weighted by Crippen LogP contribution is -2.37. The molecule has 2 N–H and O–H groups in total. The van der Waals surface area contributed by atoms with E-state index < -0.39 is 5.92 Å². The summed E-state index contributed by atoms with van der Waals surface area (Å²) in [5.41, 5.74) is -0.120. The monoisotopic (exact) mass is 251 g/mol. The Morgan fingerprint density at radius 1 is 1.56 bits per heavy atom. The van der Waals surface area contributed by atoms with Crippen LogP contribution in [-0.4, -0.2) is 23.5 Å². The lowest BCUT2D eigenvalue weighted by atomic mass is 9.74. The highest BCUT2D eigenvalue weighted by molar-refractivity contribution is 6.07. The van der Waals surface area contributed by atoms with E-state index in [2.05, 4.69) is 20.3 Å². The topological polar surface area (TPSA) is 84.2 Å². The van der Waals surface area contributed by atoms with Gasteiger partial charge in [0.1, 0.15) is 12.2 Å². The lowest BCUT2D eigenvalue weighted by molar-refractivity contribution is -0.132. The molecule has 1 aliphatic heterocycles. The van der Waals surface area contributed by atoms with E-state index in [0.29, 0.717) is 12.4 Å². The first kappa shape index (κ1) is 12.6. The molecule has 2 unspecified atom stereocenters. The predicted octanol–water partition coefficient (Wildman–Crippen LogP) is 1.02. The molecule has 98 valence electrons. The number of carbonyl (C=O) groups is 2. The Hall–Kier alpha value is -1.85. The van der Waals surface area contributed by atoms with Crippen LogP contribution in [0, 0.1) is 17.3 Å². The van der Waals surface area contributed by atoms with Crippen LogP contribution in [0.4, 0.5) is 5.82 Å². The average molecular weight is 251 g/mol. The Bertz CT molecular complexity index is 448. The summed E-state index contributed by atoms with van der Waals surface area (Å²) in [5, 5.41) is 8.94. The minimum Gasteiger partial charge on any atom is -0.363 e. The van der Waals surface area contributed by atoms with Gasteiger partial charge < -0.3 is 15.2 Å². The van der Waals surface area contributed by atoms with Crippen LogP contribution in [-0.2, 0) is 9.59 Å². The second kappa shape index (κ2) is 4.44. The summed E-state index contributed by atoms with van der Waals surface area (Å²) in [7, 11) is 0. The normalized spacial score (nSPS) is 23.8. The molecule has 0 radical (unpaired) electrons. The zero-order chi connectivity index (χ0) is 13.3. The number of rotatable bonds is 2. The highest BCUT2D eigenvalue weighted by atomic mass is 16.5. The maximum Gasteiger partial charge on any atom is 0.238 e. The molecular formula is C12H17N3O3. The van der Waals surface area contributed by atoms with E-state index in [0.717, 1.165) is 0 Å². The molecule has 18 heavy (non-hydrogen) atoms. The summed E-state index contributed by atoms with van der Waals surface area (Å²) < 4.78 is 4.63. The summed E-state index contributed by atoms with van der Waals surface area (Å²) in [6.45, 7) is 6.59. The van der Waals surface area contributed by atoms with E-state index in [1.54, 1.807) is 0 Å². The number of aromatic nitrogens is 1. The largest absolute Gasteiger partial charge is 0.363 e. The van der Waals surface area contributed by atoms with Gasteiger partial charge in [-0.2, -0.15) is 0 Å². The Balaban J connectivity index is 2.14. The average Bonchev–Trinajstić information content (AvgIpc) is 2.85. The molecule has 0 spiro atoms. The maximum atomic E-state index is 12.1. The Labute approximate surface area is 105 Å². The number of nitrogens with zero attached hydrogens (tertiary/aromatic N) is 1. The van der Waals surface area contributed by atoms with E-state index in [4.69, 9.17) is 0 Å². The fraction of sp³-hybridized carbons (Fsp3) is 0.583. The van der Waals surface area contributed by atoms with Crippen LogP contribution < -0.4 is 10.6 Å². The second-order valence-corrected chi connectivity index (χ2v) is 5.57. The van der Waals surface area contributed by atoms with Crippen molar-refractivity contribution in [2.75, 3.05) is 11.9 Å². The SMILES string of the molecule is CC(C)(C)C1CNC(=O)C1C(=O)Nc1ccon1. The molecule has 1 aliphatic rings. The van der Waals surface area contributed by atoms with Crippen molar-refractivity contribution in [1.82, 2.24) is 10.5 Å². The number of carbonyl (C=O) groups excluding carboxylic acids is 2.